The van der Waals surface area contributed by atoms with Gasteiger partial charge in [0.1, 0.15) is 0 Å². The highest BCUT2D eigenvalue weighted by Crippen LogP contribution is 2.29. The quantitative estimate of drug-likeness (QED) is 0.788. The van der Waals surface area contributed by atoms with Crippen molar-refractivity contribution in [2.75, 3.05) is 13.2 Å². The minimum atomic E-state index is -0.179. The summed E-state index contributed by atoms with van der Waals surface area (Å²) < 4.78 is 1.53. The fourth-order valence-corrected chi connectivity index (χ4v) is 2.77. The van der Waals surface area contributed by atoms with Crippen LogP contribution in [0.1, 0.15) is 36.0 Å². The van der Waals surface area contributed by atoms with Crippen LogP contribution in [0.3, 0.4) is 0 Å². The van der Waals surface area contributed by atoms with E-state index in [1.54, 1.807) is 25.2 Å². The highest BCUT2D eigenvalue weighted by Gasteiger charge is 2.32. The highest BCUT2D eigenvalue weighted by molar-refractivity contribution is 5.97. The van der Waals surface area contributed by atoms with Gasteiger partial charge in [0.15, 0.2) is 0 Å². The summed E-state index contributed by atoms with van der Waals surface area (Å²) in [5, 5.41) is 8.90. The van der Waals surface area contributed by atoms with Gasteiger partial charge in [-0.1, -0.05) is 0 Å². The topological polar surface area (TPSA) is 78.3 Å². The number of carbonyl (C=O) groups excluding carboxylic acids is 1. The molecule has 0 spiro atoms. The van der Waals surface area contributed by atoms with Crippen LogP contribution < -0.4 is 5.69 Å². The molecule has 22 heavy (non-hydrogen) atoms. The lowest BCUT2D eigenvalue weighted by atomic mass is 10.1. The predicted molar refractivity (Wildman–Crippen MR) is 83.9 cm³/mol. The number of aryl methyl sites for hydroxylation is 1. The molecular weight excluding hydrogens is 282 g/mol. The molecule has 1 heterocycles. The molecule has 6 heteroatoms. The number of nitrogens with zero attached hydrogens (tertiary/aromatic N) is 2. The van der Waals surface area contributed by atoms with Gasteiger partial charge in [-0.15, -0.1) is 0 Å². The summed E-state index contributed by atoms with van der Waals surface area (Å²) in [6, 6.07) is 5.66. The van der Waals surface area contributed by atoms with Crippen LogP contribution in [0.5, 0.6) is 0 Å². The van der Waals surface area contributed by atoms with Crippen LogP contribution in [0.25, 0.3) is 11.0 Å². The minimum absolute atomic E-state index is 0.00652. The average molecular weight is 303 g/mol. The van der Waals surface area contributed by atoms with E-state index < -0.39 is 0 Å². The van der Waals surface area contributed by atoms with Crippen molar-refractivity contribution in [2.24, 2.45) is 7.05 Å². The van der Waals surface area contributed by atoms with Crippen LogP contribution in [-0.2, 0) is 7.05 Å². The second kappa shape index (κ2) is 5.96. The molecule has 1 aromatic heterocycles. The molecule has 2 N–H and O–H groups in total. The van der Waals surface area contributed by atoms with E-state index in [9.17, 15) is 9.59 Å². The first-order chi connectivity index (χ1) is 10.6. The van der Waals surface area contributed by atoms with E-state index in [2.05, 4.69) is 4.98 Å². The molecule has 1 amide bonds. The standard InChI is InChI=1S/C16H21N3O3/c1-18-14-7-4-11(10-13(14)17-16(18)22)15(21)19(12-5-6-12)8-2-3-9-20/h4,7,10,12,20H,2-3,5-6,8-9H2,1H3,(H,17,22). The van der Waals surface area contributed by atoms with Gasteiger partial charge in [-0.25, -0.2) is 4.79 Å². The molecule has 0 saturated heterocycles. The number of carbonyl (C=O) groups is 1. The SMILES string of the molecule is Cn1c(=O)[nH]c2cc(C(=O)N(CCCCO)C3CC3)ccc21. The summed E-state index contributed by atoms with van der Waals surface area (Å²) in [6.07, 6.45) is 3.62. The van der Waals surface area contributed by atoms with Gasteiger partial charge in [0, 0.05) is 31.8 Å². The molecule has 1 saturated carbocycles. The number of aliphatic hydroxyl groups excluding tert-OH is 1. The number of imidazole rings is 1. The normalized spacial score (nSPS) is 14.5. The van der Waals surface area contributed by atoms with Gasteiger partial charge in [0.2, 0.25) is 0 Å². The number of aliphatic hydroxyl groups is 1. The van der Waals surface area contributed by atoms with Gasteiger partial charge in [-0.2, -0.15) is 0 Å². The first-order valence-corrected chi connectivity index (χ1v) is 7.72. The van der Waals surface area contributed by atoms with E-state index in [-0.39, 0.29) is 18.2 Å². The van der Waals surface area contributed by atoms with Crippen molar-refractivity contribution in [3.63, 3.8) is 0 Å². The zero-order chi connectivity index (χ0) is 15.7. The molecule has 0 aliphatic heterocycles. The third-order valence-corrected chi connectivity index (χ3v) is 4.21. The lowest BCUT2D eigenvalue weighted by molar-refractivity contribution is 0.0737. The summed E-state index contributed by atoms with van der Waals surface area (Å²) in [5.74, 6) is 0.00652. The molecule has 1 aliphatic carbocycles. The molecule has 118 valence electrons. The monoisotopic (exact) mass is 303 g/mol. The van der Waals surface area contributed by atoms with Crippen molar-refractivity contribution < 1.29 is 9.90 Å². The number of amides is 1. The Morgan fingerprint density at radius 1 is 1.41 bits per heavy atom. The smallest absolute Gasteiger partial charge is 0.326 e. The summed E-state index contributed by atoms with van der Waals surface area (Å²) in [5.41, 5.74) is 1.90. The van der Waals surface area contributed by atoms with Crippen LogP contribution in [0, 0.1) is 0 Å². The van der Waals surface area contributed by atoms with E-state index in [4.69, 9.17) is 5.11 Å². The van der Waals surface area contributed by atoms with Gasteiger partial charge in [-0.05, 0) is 43.9 Å². The molecule has 1 fully saturated rings. The number of unbranched alkanes of at least 4 members (excludes halogenated alkanes) is 1. The maximum Gasteiger partial charge on any atom is 0.326 e. The zero-order valence-corrected chi connectivity index (χ0v) is 12.7. The van der Waals surface area contributed by atoms with Gasteiger partial charge in [0.05, 0.1) is 11.0 Å². The summed E-state index contributed by atoms with van der Waals surface area (Å²) in [4.78, 5) is 29.0. The summed E-state index contributed by atoms with van der Waals surface area (Å²) in [6.45, 7) is 0.831. The number of rotatable bonds is 6. The third kappa shape index (κ3) is 2.78. The highest BCUT2D eigenvalue weighted by atomic mass is 16.3. The number of aromatic amines is 1. The van der Waals surface area contributed by atoms with Crippen LogP contribution in [0.2, 0.25) is 0 Å². The number of hydrogen-bond donors (Lipinski definition) is 2. The van der Waals surface area contributed by atoms with Crippen molar-refractivity contribution in [1.82, 2.24) is 14.5 Å². The number of aromatic nitrogens is 2. The fraction of sp³-hybridized carbons (Fsp3) is 0.500. The van der Waals surface area contributed by atoms with Crippen molar-refractivity contribution in [2.45, 2.75) is 31.7 Å². The molecule has 0 bridgehead atoms. The Kier molecular flexibility index (Phi) is 4.02. The lowest BCUT2D eigenvalue weighted by Gasteiger charge is -2.22. The predicted octanol–water partition coefficient (Wildman–Crippen LogP) is 1.24. The molecule has 1 aromatic carbocycles. The zero-order valence-electron chi connectivity index (χ0n) is 12.7. The Bertz CT molecular complexity index is 743. The number of benzene rings is 1. The Balaban J connectivity index is 1.84. The maximum atomic E-state index is 12.7. The molecule has 0 radical (unpaired) electrons. The van der Waals surface area contributed by atoms with Gasteiger partial charge in [-0.3, -0.25) is 9.36 Å². The number of fused-ring (bicyclic) bond motifs is 1. The molecular formula is C16H21N3O3. The van der Waals surface area contributed by atoms with Crippen molar-refractivity contribution in [3.05, 3.63) is 34.2 Å². The van der Waals surface area contributed by atoms with E-state index in [0.717, 1.165) is 24.8 Å². The lowest BCUT2D eigenvalue weighted by Crippen LogP contribution is -2.34. The third-order valence-electron chi connectivity index (χ3n) is 4.21. The molecule has 3 rings (SSSR count). The number of hydrogen-bond acceptors (Lipinski definition) is 3. The second-order valence-corrected chi connectivity index (χ2v) is 5.88. The Labute approximate surface area is 128 Å². The van der Waals surface area contributed by atoms with E-state index >= 15 is 0 Å². The van der Waals surface area contributed by atoms with E-state index in [0.29, 0.717) is 30.1 Å². The van der Waals surface area contributed by atoms with Gasteiger partial charge in [0.25, 0.3) is 5.91 Å². The Hall–Kier alpha value is -2.08. The maximum absolute atomic E-state index is 12.7. The fourth-order valence-electron chi connectivity index (χ4n) is 2.77. The van der Waals surface area contributed by atoms with Crippen molar-refractivity contribution >= 4 is 16.9 Å². The van der Waals surface area contributed by atoms with E-state index in [1.807, 2.05) is 4.90 Å². The summed E-state index contributed by atoms with van der Waals surface area (Å²) in [7, 11) is 1.70. The van der Waals surface area contributed by atoms with Gasteiger partial charge < -0.3 is 15.0 Å². The van der Waals surface area contributed by atoms with E-state index in [1.165, 1.54) is 4.57 Å². The molecule has 2 aromatic rings. The number of H-pyrrole nitrogens is 1. The average Bonchev–Trinajstić information content (AvgIpc) is 3.30. The Morgan fingerprint density at radius 2 is 2.18 bits per heavy atom. The van der Waals surface area contributed by atoms with Crippen LogP contribution in [-0.4, -0.2) is 44.7 Å². The van der Waals surface area contributed by atoms with Crippen LogP contribution in [0.4, 0.5) is 0 Å². The molecule has 1 aliphatic rings. The number of nitrogens with one attached hydrogen (secondary N) is 1. The van der Waals surface area contributed by atoms with Gasteiger partial charge >= 0.3 is 5.69 Å². The van der Waals surface area contributed by atoms with Crippen LogP contribution >= 0.6 is 0 Å². The Morgan fingerprint density at radius 3 is 2.86 bits per heavy atom. The molecule has 0 unspecified atom stereocenters. The first-order valence-electron chi connectivity index (χ1n) is 7.72. The van der Waals surface area contributed by atoms with Crippen LogP contribution in [0.15, 0.2) is 23.0 Å². The molecule has 6 nitrogen and oxygen atoms in total. The summed E-state index contributed by atoms with van der Waals surface area (Å²) >= 11 is 0. The first kappa shape index (κ1) is 14.8. The second-order valence-electron chi connectivity index (χ2n) is 5.88. The largest absolute Gasteiger partial charge is 0.396 e. The molecule has 0 atom stereocenters. The minimum Gasteiger partial charge on any atom is -0.396 e. The van der Waals surface area contributed by atoms with Crippen molar-refractivity contribution in [1.29, 1.82) is 0 Å². The van der Waals surface area contributed by atoms with Crippen molar-refractivity contribution in [3.8, 4) is 0 Å².